The highest BCUT2D eigenvalue weighted by Crippen LogP contribution is 2.38. The van der Waals surface area contributed by atoms with Crippen LogP contribution in [0.5, 0.6) is 5.75 Å². The molecule has 2 unspecified atom stereocenters. The smallest absolute Gasteiger partial charge is 0.408 e. The van der Waals surface area contributed by atoms with Crippen molar-refractivity contribution >= 4 is 34.6 Å². The van der Waals surface area contributed by atoms with E-state index >= 15 is 0 Å². The summed E-state index contributed by atoms with van der Waals surface area (Å²) in [5.74, 6) is -0.415. The third kappa shape index (κ3) is 11.8. The number of nitrogens with one attached hydrogen (secondary N) is 2. The molecule has 11 heteroatoms. The van der Waals surface area contributed by atoms with E-state index in [0.29, 0.717) is 0 Å². The molecule has 0 radical (unpaired) electrons. The van der Waals surface area contributed by atoms with Gasteiger partial charge in [-0.15, -0.1) is 0 Å². The fourth-order valence-corrected chi connectivity index (χ4v) is 5.18. The molecule has 0 fully saturated rings. The Bertz CT molecular complexity index is 1040. The van der Waals surface area contributed by atoms with Gasteiger partial charge in [0.25, 0.3) is 0 Å². The van der Waals surface area contributed by atoms with Crippen LogP contribution >= 0.6 is 0 Å². The number of carbonyl (C=O) groups is 3. The summed E-state index contributed by atoms with van der Waals surface area (Å²) >= 11 is 0. The average Bonchev–Trinajstić information content (AvgIpc) is 2.79. The van der Waals surface area contributed by atoms with Crippen molar-refractivity contribution in [3.8, 4) is 5.75 Å². The summed E-state index contributed by atoms with van der Waals surface area (Å²) in [6.07, 6.45) is -0.565. The van der Waals surface area contributed by atoms with E-state index < -0.39 is 52.3 Å². The first-order valence-electron chi connectivity index (χ1n) is 14.2. The van der Waals surface area contributed by atoms with Gasteiger partial charge in [0.2, 0.25) is 14.2 Å². The van der Waals surface area contributed by atoms with E-state index in [2.05, 4.69) is 78.4 Å². The maximum absolute atomic E-state index is 13.5. The summed E-state index contributed by atoms with van der Waals surface area (Å²) in [7, 11) is -2.96. The third-order valence-electron chi connectivity index (χ3n) is 7.77. The second-order valence-corrected chi connectivity index (χ2v) is 24.1. The van der Waals surface area contributed by atoms with Crippen LogP contribution < -0.4 is 15.1 Å². The zero-order valence-electron chi connectivity index (χ0n) is 27.7. The van der Waals surface area contributed by atoms with Crippen LogP contribution in [-0.4, -0.2) is 66.0 Å². The Balaban J connectivity index is 3.19. The normalized spacial score (nSPS) is 14.5. The van der Waals surface area contributed by atoms with Gasteiger partial charge in [0.1, 0.15) is 23.4 Å². The number of methoxy groups -OCH3 is 1. The number of hydrogen-bond donors (Lipinski definition) is 2. The maximum atomic E-state index is 13.5. The lowest BCUT2D eigenvalue weighted by molar-refractivity contribution is -0.146. The third-order valence-corrected chi connectivity index (χ3v) is 16.6. The maximum Gasteiger partial charge on any atom is 0.408 e. The molecule has 1 aromatic rings. The first kappa shape index (κ1) is 36.6. The van der Waals surface area contributed by atoms with E-state index in [9.17, 15) is 14.4 Å². The van der Waals surface area contributed by atoms with Gasteiger partial charge in [-0.1, -0.05) is 53.7 Å². The Morgan fingerprint density at radius 3 is 1.73 bits per heavy atom. The summed E-state index contributed by atoms with van der Waals surface area (Å²) in [5.41, 5.74) is 0.0512. The number of rotatable bonds is 11. The van der Waals surface area contributed by atoms with Crippen LogP contribution in [0.4, 0.5) is 4.79 Å². The molecule has 2 N–H and O–H groups in total. The molecule has 0 bridgehead atoms. The average molecular weight is 611 g/mol. The largest absolute Gasteiger partial charge is 0.544 e. The van der Waals surface area contributed by atoms with Crippen molar-refractivity contribution in [3.05, 3.63) is 29.8 Å². The van der Waals surface area contributed by atoms with E-state index in [1.807, 2.05) is 24.3 Å². The topological polar surface area (TPSA) is 112 Å². The highest BCUT2D eigenvalue weighted by molar-refractivity contribution is 6.75. The van der Waals surface area contributed by atoms with Gasteiger partial charge < -0.3 is 29.0 Å². The minimum absolute atomic E-state index is 0.0342. The molecule has 0 heterocycles. The fourth-order valence-electron chi connectivity index (χ4n) is 3.13. The Kier molecular flexibility index (Phi) is 12.3. The van der Waals surface area contributed by atoms with Gasteiger partial charge in [0.05, 0.1) is 13.7 Å². The van der Waals surface area contributed by atoms with Crippen LogP contribution in [0.25, 0.3) is 0 Å². The molecular weight excluding hydrogens is 557 g/mol. The Labute approximate surface area is 249 Å². The van der Waals surface area contributed by atoms with E-state index in [1.165, 1.54) is 7.11 Å². The minimum atomic E-state index is -2.21. The van der Waals surface area contributed by atoms with Crippen LogP contribution in [0.2, 0.25) is 36.3 Å². The predicted octanol–water partition coefficient (Wildman–Crippen LogP) is 6.19. The molecular formula is C30H54N2O7Si2. The van der Waals surface area contributed by atoms with Gasteiger partial charge >= 0.3 is 12.1 Å². The molecule has 9 nitrogen and oxygen atoms in total. The summed E-state index contributed by atoms with van der Waals surface area (Å²) in [6.45, 7) is 26.5. The van der Waals surface area contributed by atoms with Crippen LogP contribution in [0.1, 0.15) is 67.9 Å². The van der Waals surface area contributed by atoms with E-state index in [4.69, 9.17) is 18.3 Å². The van der Waals surface area contributed by atoms with Crippen molar-refractivity contribution in [2.75, 3.05) is 13.7 Å². The summed E-state index contributed by atoms with van der Waals surface area (Å²) in [4.78, 5) is 38.8. The fraction of sp³-hybridized carbons (Fsp3) is 0.700. The van der Waals surface area contributed by atoms with Crippen LogP contribution in [-0.2, 0) is 29.9 Å². The van der Waals surface area contributed by atoms with Crippen LogP contribution in [0.15, 0.2) is 24.3 Å². The standard InChI is InChI=1S/C30H54N2O7Si2/c1-28(2,3)38-27(35)32-23(19-21-15-17-22(18-16-21)39-41(13,14)30(7,8)9)25(33)31-24(26(34)36-10)20-37-40(11,12)29(4,5)6/h15-18,23-24H,19-20H2,1-14H3,(H,31,33)(H,32,35). The molecule has 0 aromatic heterocycles. The molecule has 1 rings (SSSR count). The van der Waals surface area contributed by atoms with Crippen molar-refractivity contribution in [3.63, 3.8) is 0 Å². The lowest BCUT2D eigenvalue weighted by atomic mass is 10.0. The SMILES string of the molecule is COC(=O)C(CO[Si](C)(C)C(C)(C)C)NC(=O)C(Cc1ccc(O[Si](C)(C)C(C)(C)C)cc1)NC(=O)OC(C)(C)C. The molecule has 0 saturated heterocycles. The lowest BCUT2D eigenvalue weighted by Gasteiger charge is -2.37. The summed E-state index contributed by atoms with van der Waals surface area (Å²) in [5, 5.41) is 5.37. The molecule has 2 amide bonds. The first-order valence-corrected chi connectivity index (χ1v) is 20.0. The molecule has 234 valence electrons. The van der Waals surface area contributed by atoms with E-state index in [0.717, 1.165) is 11.3 Å². The van der Waals surface area contributed by atoms with Crippen molar-refractivity contribution in [1.29, 1.82) is 0 Å². The minimum Gasteiger partial charge on any atom is -0.544 e. The number of ether oxygens (including phenoxy) is 2. The molecule has 0 saturated carbocycles. The second kappa shape index (κ2) is 13.7. The number of amides is 2. The second-order valence-electron chi connectivity index (χ2n) is 14.6. The summed E-state index contributed by atoms with van der Waals surface area (Å²) < 4.78 is 22.9. The number of benzene rings is 1. The van der Waals surface area contributed by atoms with Crippen molar-refractivity contribution in [2.24, 2.45) is 0 Å². The molecule has 0 aliphatic heterocycles. The molecule has 41 heavy (non-hydrogen) atoms. The van der Waals surface area contributed by atoms with Gasteiger partial charge in [0, 0.05) is 6.42 Å². The van der Waals surface area contributed by atoms with Gasteiger partial charge in [-0.2, -0.15) is 0 Å². The molecule has 0 aliphatic rings. The highest BCUT2D eigenvalue weighted by Gasteiger charge is 2.40. The van der Waals surface area contributed by atoms with Crippen molar-refractivity contribution in [1.82, 2.24) is 10.6 Å². The summed E-state index contributed by atoms with van der Waals surface area (Å²) in [6, 6.07) is 5.45. The number of alkyl carbamates (subject to hydrolysis) is 1. The van der Waals surface area contributed by atoms with Crippen LogP contribution in [0, 0.1) is 0 Å². The van der Waals surface area contributed by atoms with Crippen molar-refractivity contribution in [2.45, 2.75) is 123 Å². The van der Waals surface area contributed by atoms with Gasteiger partial charge in [-0.3, -0.25) is 4.79 Å². The Hall–Kier alpha value is -2.38. The van der Waals surface area contributed by atoms with Gasteiger partial charge in [-0.05, 0) is 74.7 Å². The monoisotopic (exact) mass is 610 g/mol. The lowest BCUT2D eigenvalue weighted by Crippen LogP contribution is -2.55. The molecule has 0 aliphatic carbocycles. The Morgan fingerprint density at radius 1 is 0.780 bits per heavy atom. The zero-order valence-corrected chi connectivity index (χ0v) is 29.7. The van der Waals surface area contributed by atoms with Crippen molar-refractivity contribution < 1.29 is 32.7 Å². The predicted molar refractivity (Wildman–Crippen MR) is 168 cm³/mol. The quantitative estimate of drug-likeness (QED) is 0.227. The first-order chi connectivity index (χ1) is 18.4. The Morgan fingerprint density at radius 2 is 1.29 bits per heavy atom. The van der Waals surface area contributed by atoms with Crippen LogP contribution in [0.3, 0.4) is 0 Å². The number of esters is 1. The molecule has 0 spiro atoms. The number of carbonyl (C=O) groups excluding carboxylic acids is 3. The zero-order chi connectivity index (χ0) is 32.0. The van der Waals surface area contributed by atoms with Gasteiger partial charge in [0.15, 0.2) is 8.32 Å². The van der Waals surface area contributed by atoms with Gasteiger partial charge in [-0.25, -0.2) is 9.59 Å². The molecule has 2 atom stereocenters. The number of hydrogen-bond acceptors (Lipinski definition) is 7. The van der Waals surface area contributed by atoms with E-state index in [-0.39, 0.29) is 23.1 Å². The van der Waals surface area contributed by atoms with E-state index in [1.54, 1.807) is 20.8 Å². The molecule has 1 aromatic carbocycles. The highest BCUT2D eigenvalue weighted by atomic mass is 28.4.